The molecule has 1 unspecified atom stereocenters. The van der Waals surface area contributed by atoms with Crippen LogP contribution in [0.5, 0.6) is 0 Å². The van der Waals surface area contributed by atoms with Crippen molar-refractivity contribution in [1.29, 1.82) is 0 Å². The van der Waals surface area contributed by atoms with Crippen molar-refractivity contribution in [3.05, 3.63) is 18.0 Å². The molecule has 1 aromatic heterocycles. The smallest absolute Gasteiger partial charge is 0.0627 e. The third-order valence-corrected chi connectivity index (χ3v) is 1.84. The van der Waals surface area contributed by atoms with Gasteiger partial charge in [0.25, 0.3) is 0 Å². The van der Waals surface area contributed by atoms with E-state index in [2.05, 4.69) is 24.3 Å². The van der Waals surface area contributed by atoms with E-state index in [1.807, 2.05) is 13.2 Å². The van der Waals surface area contributed by atoms with Gasteiger partial charge in [-0.1, -0.05) is 13.8 Å². The van der Waals surface area contributed by atoms with Crippen LogP contribution in [0, 0.1) is 0 Å². The van der Waals surface area contributed by atoms with E-state index >= 15 is 0 Å². The highest BCUT2D eigenvalue weighted by molar-refractivity contribution is 5.10. The van der Waals surface area contributed by atoms with Crippen LogP contribution in [0.2, 0.25) is 0 Å². The van der Waals surface area contributed by atoms with Crippen LogP contribution in [0.3, 0.4) is 0 Å². The van der Waals surface area contributed by atoms with Crippen LogP contribution in [-0.4, -0.2) is 27.5 Å². The van der Waals surface area contributed by atoms with Crippen LogP contribution in [0.4, 0.5) is 0 Å². The fourth-order valence-electron chi connectivity index (χ4n) is 1.28. The number of aliphatic hydroxyl groups is 1. The minimum Gasteiger partial charge on any atom is -0.394 e. The van der Waals surface area contributed by atoms with Gasteiger partial charge < -0.3 is 10.4 Å². The van der Waals surface area contributed by atoms with Crippen molar-refractivity contribution < 1.29 is 5.11 Å². The van der Waals surface area contributed by atoms with Crippen molar-refractivity contribution in [3.8, 4) is 0 Å². The quantitative estimate of drug-likeness (QED) is 0.712. The van der Waals surface area contributed by atoms with E-state index in [1.165, 1.54) is 0 Å². The molecule has 1 rings (SSSR count). The molecule has 0 amide bonds. The summed E-state index contributed by atoms with van der Waals surface area (Å²) in [5.41, 5.74) is 1.03. The lowest BCUT2D eigenvalue weighted by atomic mass is 10.1. The number of nitrogens with one attached hydrogen (secondary N) is 1. The Hall–Kier alpha value is -0.870. The molecule has 0 spiro atoms. The molecular formula is C9H17N3O. The highest BCUT2D eigenvalue weighted by Crippen LogP contribution is 2.11. The Labute approximate surface area is 78.6 Å². The first-order valence-corrected chi connectivity index (χ1v) is 4.49. The van der Waals surface area contributed by atoms with Gasteiger partial charge in [0, 0.05) is 24.8 Å². The lowest BCUT2D eigenvalue weighted by Gasteiger charge is -2.17. The number of nitrogens with zero attached hydrogens (tertiary/aromatic N) is 2. The number of hydrogen-bond donors (Lipinski definition) is 2. The zero-order valence-electron chi connectivity index (χ0n) is 8.36. The maximum absolute atomic E-state index is 9.14. The van der Waals surface area contributed by atoms with Gasteiger partial charge in [0.05, 0.1) is 18.8 Å². The molecular weight excluding hydrogens is 166 g/mol. The number of hydrogen-bond acceptors (Lipinski definition) is 3. The third kappa shape index (κ3) is 2.82. The molecule has 0 saturated carbocycles. The fourth-order valence-corrected chi connectivity index (χ4v) is 1.28. The molecule has 74 valence electrons. The van der Waals surface area contributed by atoms with Crippen molar-refractivity contribution in [2.45, 2.75) is 25.9 Å². The first-order valence-electron chi connectivity index (χ1n) is 4.49. The van der Waals surface area contributed by atoms with Crippen LogP contribution in [-0.2, 0) is 7.05 Å². The fraction of sp³-hybridized carbons (Fsp3) is 0.667. The van der Waals surface area contributed by atoms with E-state index < -0.39 is 0 Å². The van der Waals surface area contributed by atoms with Gasteiger partial charge in [-0.05, 0) is 0 Å². The summed E-state index contributed by atoms with van der Waals surface area (Å²) in [6, 6.07) is 0.353. The van der Waals surface area contributed by atoms with Crippen molar-refractivity contribution in [3.63, 3.8) is 0 Å². The van der Waals surface area contributed by atoms with Gasteiger partial charge in [0.1, 0.15) is 0 Å². The molecule has 4 nitrogen and oxygen atoms in total. The summed E-state index contributed by atoms with van der Waals surface area (Å²) in [7, 11) is 1.87. The van der Waals surface area contributed by atoms with Gasteiger partial charge in [-0.3, -0.25) is 4.68 Å². The Morgan fingerprint density at radius 2 is 2.31 bits per heavy atom. The van der Waals surface area contributed by atoms with Crippen molar-refractivity contribution >= 4 is 0 Å². The number of aryl methyl sites for hydroxylation is 1. The molecule has 2 N–H and O–H groups in total. The van der Waals surface area contributed by atoms with Crippen LogP contribution < -0.4 is 5.32 Å². The molecule has 0 saturated heterocycles. The molecule has 1 atom stereocenters. The van der Waals surface area contributed by atoms with Crippen molar-refractivity contribution in [2.24, 2.45) is 7.05 Å². The van der Waals surface area contributed by atoms with Crippen molar-refractivity contribution in [1.82, 2.24) is 15.1 Å². The van der Waals surface area contributed by atoms with E-state index in [9.17, 15) is 0 Å². The maximum Gasteiger partial charge on any atom is 0.0627 e. The number of rotatable bonds is 4. The normalized spacial score (nSPS) is 13.6. The second-order valence-corrected chi connectivity index (χ2v) is 3.50. The van der Waals surface area contributed by atoms with Gasteiger partial charge in [0.15, 0.2) is 0 Å². The molecule has 1 heterocycles. The highest BCUT2D eigenvalue weighted by atomic mass is 16.3. The molecule has 0 bridgehead atoms. The Morgan fingerprint density at radius 3 is 2.69 bits per heavy atom. The monoisotopic (exact) mass is 183 g/mol. The molecule has 1 aromatic rings. The SMILES string of the molecule is CC(C)NC(CO)c1cnn(C)c1. The summed E-state index contributed by atoms with van der Waals surface area (Å²) in [4.78, 5) is 0. The molecule has 4 heteroatoms. The lowest BCUT2D eigenvalue weighted by molar-refractivity contribution is 0.237. The predicted octanol–water partition coefficient (Wildman–Crippen LogP) is 0.451. The maximum atomic E-state index is 9.14. The zero-order valence-corrected chi connectivity index (χ0v) is 8.36. The Kier molecular flexibility index (Phi) is 3.45. The first-order chi connectivity index (χ1) is 6.13. The summed E-state index contributed by atoms with van der Waals surface area (Å²) in [6.45, 7) is 4.21. The van der Waals surface area contributed by atoms with Crippen LogP contribution >= 0.6 is 0 Å². The molecule has 0 aliphatic carbocycles. The van der Waals surface area contributed by atoms with Crippen LogP contribution in [0.25, 0.3) is 0 Å². The lowest BCUT2D eigenvalue weighted by Crippen LogP contribution is -2.30. The molecule has 0 fully saturated rings. The predicted molar refractivity (Wildman–Crippen MR) is 51.3 cm³/mol. The van der Waals surface area contributed by atoms with Gasteiger partial charge in [-0.15, -0.1) is 0 Å². The molecule has 13 heavy (non-hydrogen) atoms. The first kappa shape index (κ1) is 10.2. The minimum atomic E-state index is -0.00583. The van der Waals surface area contributed by atoms with Crippen molar-refractivity contribution in [2.75, 3.05) is 6.61 Å². The van der Waals surface area contributed by atoms with E-state index in [-0.39, 0.29) is 12.6 Å². The molecule has 0 aliphatic heterocycles. The second-order valence-electron chi connectivity index (χ2n) is 3.50. The average Bonchev–Trinajstić information content (AvgIpc) is 2.47. The summed E-state index contributed by atoms with van der Waals surface area (Å²) < 4.78 is 1.74. The third-order valence-electron chi connectivity index (χ3n) is 1.84. The molecule has 0 aliphatic rings. The summed E-state index contributed by atoms with van der Waals surface area (Å²) in [5, 5.41) is 16.5. The largest absolute Gasteiger partial charge is 0.394 e. The summed E-state index contributed by atoms with van der Waals surface area (Å²) >= 11 is 0. The Morgan fingerprint density at radius 1 is 1.62 bits per heavy atom. The average molecular weight is 183 g/mol. The Balaban J connectivity index is 2.66. The molecule has 0 radical (unpaired) electrons. The topological polar surface area (TPSA) is 50.1 Å². The van der Waals surface area contributed by atoms with E-state index in [0.717, 1.165) is 5.56 Å². The summed E-state index contributed by atoms with van der Waals surface area (Å²) in [5.74, 6) is 0. The molecule has 0 aromatic carbocycles. The second kappa shape index (κ2) is 4.39. The van der Waals surface area contributed by atoms with Gasteiger partial charge in [0.2, 0.25) is 0 Å². The van der Waals surface area contributed by atoms with Crippen LogP contribution in [0.1, 0.15) is 25.5 Å². The number of aromatic nitrogens is 2. The number of aliphatic hydroxyl groups excluding tert-OH is 1. The zero-order chi connectivity index (χ0) is 9.84. The summed E-state index contributed by atoms with van der Waals surface area (Å²) in [6.07, 6.45) is 3.69. The van der Waals surface area contributed by atoms with Crippen LogP contribution in [0.15, 0.2) is 12.4 Å². The van der Waals surface area contributed by atoms with E-state index in [1.54, 1.807) is 10.9 Å². The standard InChI is InChI=1S/C9H17N3O/c1-7(2)11-9(6-13)8-4-10-12(3)5-8/h4-5,7,9,11,13H,6H2,1-3H3. The Bertz CT molecular complexity index is 257. The highest BCUT2D eigenvalue weighted by Gasteiger charge is 2.12. The minimum absolute atomic E-state index is 0.00583. The van der Waals surface area contributed by atoms with Gasteiger partial charge in [-0.25, -0.2) is 0 Å². The van der Waals surface area contributed by atoms with E-state index in [0.29, 0.717) is 6.04 Å². The van der Waals surface area contributed by atoms with Gasteiger partial charge >= 0.3 is 0 Å². The van der Waals surface area contributed by atoms with E-state index in [4.69, 9.17) is 5.11 Å². The van der Waals surface area contributed by atoms with Gasteiger partial charge in [-0.2, -0.15) is 5.10 Å².